The number of hydrogen-bond donors (Lipinski definition) is 2. The van der Waals surface area contributed by atoms with Crippen molar-refractivity contribution in [2.24, 2.45) is 0 Å². The molecule has 0 heterocycles. The van der Waals surface area contributed by atoms with Crippen LogP contribution in [0, 0.1) is 0 Å². The summed E-state index contributed by atoms with van der Waals surface area (Å²) in [6.07, 6.45) is 4.99. The molecule has 18 heavy (non-hydrogen) atoms. The second kappa shape index (κ2) is 7.55. The zero-order valence-electron chi connectivity index (χ0n) is 11.9. The van der Waals surface area contributed by atoms with Crippen LogP contribution in [0.5, 0.6) is 0 Å². The van der Waals surface area contributed by atoms with Crippen LogP contribution in [0.3, 0.4) is 0 Å². The maximum atomic E-state index is 10.4. The summed E-state index contributed by atoms with van der Waals surface area (Å²) in [6.45, 7) is 6.88. The van der Waals surface area contributed by atoms with Crippen LogP contribution in [0.2, 0.25) is 0 Å². The monoisotopic (exact) mass is 249 g/mol. The Morgan fingerprint density at radius 3 is 2.50 bits per heavy atom. The summed E-state index contributed by atoms with van der Waals surface area (Å²) in [5, 5.41) is 13.9. The highest BCUT2D eigenvalue weighted by atomic mass is 16.3. The van der Waals surface area contributed by atoms with Gasteiger partial charge in [-0.1, -0.05) is 56.5 Å². The highest BCUT2D eigenvalue weighted by molar-refractivity contribution is 5.21. The number of aliphatic hydroxyl groups is 1. The molecule has 2 heteroatoms. The van der Waals surface area contributed by atoms with Gasteiger partial charge in [0, 0.05) is 12.6 Å². The molecule has 0 saturated carbocycles. The third kappa shape index (κ3) is 5.19. The number of unbranched alkanes of at least 4 members (excludes halogenated alkanes) is 2. The van der Waals surface area contributed by atoms with Gasteiger partial charge in [0.05, 0.1) is 5.60 Å². The summed E-state index contributed by atoms with van der Waals surface area (Å²) in [5.74, 6) is 0. The van der Waals surface area contributed by atoms with Gasteiger partial charge in [0.15, 0.2) is 0 Å². The maximum absolute atomic E-state index is 10.4. The standard InChI is InChI=1S/C16H27NO/c1-4-5-7-10-14(2)17-13-16(3,18)15-11-8-6-9-12-15/h6,8-9,11-12,14,17-18H,4-5,7,10,13H2,1-3H3. The van der Waals surface area contributed by atoms with Crippen molar-refractivity contribution in [2.75, 3.05) is 6.54 Å². The lowest BCUT2D eigenvalue weighted by Gasteiger charge is -2.26. The quantitative estimate of drug-likeness (QED) is 0.692. The SMILES string of the molecule is CCCCCC(C)NCC(C)(O)c1ccccc1. The van der Waals surface area contributed by atoms with E-state index < -0.39 is 5.60 Å². The molecule has 0 aliphatic carbocycles. The predicted molar refractivity (Wildman–Crippen MR) is 77.6 cm³/mol. The molecule has 102 valence electrons. The van der Waals surface area contributed by atoms with Crippen molar-refractivity contribution < 1.29 is 5.11 Å². The molecular formula is C16H27NO. The molecule has 2 atom stereocenters. The van der Waals surface area contributed by atoms with Crippen molar-refractivity contribution >= 4 is 0 Å². The minimum absolute atomic E-state index is 0.465. The van der Waals surface area contributed by atoms with E-state index in [4.69, 9.17) is 0 Å². The molecule has 1 aromatic rings. The Balaban J connectivity index is 2.37. The highest BCUT2D eigenvalue weighted by Gasteiger charge is 2.22. The number of rotatable bonds is 8. The van der Waals surface area contributed by atoms with Gasteiger partial charge in [0.25, 0.3) is 0 Å². The molecule has 0 radical (unpaired) electrons. The Kier molecular flexibility index (Phi) is 6.37. The highest BCUT2D eigenvalue weighted by Crippen LogP contribution is 2.19. The van der Waals surface area contributed by atoms with E-state index in [0.717, 1.165) is 5.56 Å². The van der Waals surface area contributed by atoms with Crippen LogP contribution >= 0.6 is 0 Å². The van der Waals surface area contributed by atoms with E-state index in [9.17, 15) is 5.11 Å². The molecule has 0 fully saturated rings. The Labute approximate surface area is 111 Å². The normalized spacial score (nSPS) is 16.2. The summed E-state index contributed by atoms with van der Waals surface area (Å²) in [7, 11) is 0. The fourth-order valence-corrected chi connectivity index (χ4v) is 2.07. The van der Waals surface area contributed by atoms with E-state index >= 15 is 0 Å². The number of benzene rings is 1. The van der Waals surface area contributed by atoms with E-state index in [1.54, 1.807) is 0 Å². The van der Waals surface area contributed by atoms with Crippen LogP contribution in [0.4, 0.5) is 0 Å². The third-order valence-corrected chi connectivity index (χ3v) is 3.43. The minimum atomic E-state index is -0.791. The number of hydrogen-bond acceptors (Lipinski definition) is 2. The van der Waals surface area contributed by atoms with Gasteiger partial charge in [-0.3, -0.25) is 0 Å². The van der Waals surface area contributed by atoms with Gasteiger partial charge in [-0.05, 0) is 25.8 Å². The van der Waals surface area contributed by atoms with E-state index in [-0.39, 0.29) is 0 Å². The molecule has 2 N–H and O–H groups in total. The maximum Gasteiger partial charge on any atom is 0.0992 e. The first-order valence-electron chi connectivity index (χ1n) is 7.07. The zero-order valence-corrected chi connectivity index (χ0v) is 11.9. The van der Waals surface area contributed by atoms with E-state index in [0.29, 0.717) is 12.6 Å². The first-order valence-corrected chi connectivity index (χ1v) is 7.07. The summed E-state index contributed by atoms with van der Waals surface area (Å²) in [6, 6.07) is 10.3. The summed E-state index contributed by atoms with van der Waals surface area (Å²) in [5.41, 5.74) is 0.179. The number of nitrogens with one attached hydrogen (secondary N) is 1. The van der Waals surface area contributed by atoms with Gasteiger partial charge in [-0.2, -0.15) is 0 Å². The van der Waals surface area contributed by atoms with Gasteiger partial charge < -0.3 is 10.4 Å². The van der Waals surface area contributed by atoms with Gasteiger partial charge in [0.2, 0.25) is 0 Å². The average Bonchev–Trinajstić information content (AvgIpc) is 2.38. The molecule has 0 saturated heterocycles. The van der Waals surface area contributed by atoms with Crippen LogP contribution in [-0.4, -0.2) is 17.7 Å². The largest absolute Gasteiger partial charge is 0.384 e. The fourth-order valence-electron chi connectivity index (χ4n) is 2.07. The van der Waals surface area contributed by atoms with E-state index in [1.807, 2.05) is 37.3 Å². The van der Waals surface area contributed by atoms with Crippen LogP contribution in [0.1, 0.15) is 52.0 Å². The van der Waals surface area contributed by atoms with Crippen molar-refractivity contribution in [1.29, 1.82) is 0 Å². The molecule has 0 aliphatic heterocycles. The Bertz CT molecular complexity index is 321. The topological polar surface area (TPSA) is 32.3 Å². The average molecular weight is 249 g/mol. The van der Waals surface area contributed by atoms with Crippen LogP contribution < -0.4 is 5.32 Å². The van der Waals surface area contributed by atoms with E-state index in [2.05, 4.69) is 19.2 Å². The van der Waals surface area contributed by atoms with Crippen molar-refractivity contribution in [3.05, 3.63) is 35.9 Å². The smallest absolute Gasteiger partial charge is 0.0992 e. The lowest BCUT2D eigenvalue weighted by molar-refractivity contribution is 0.0540. The lowest BCUT2D eigenvalue weighted by Crippen LogP contribution is -2.39. The third-order valence-electron chi connectivity index (χ3n) is 3.43. The van der Waals surface area contributed by atoms with Gasteiger partial charge in [-0.15, -0.1) is 0 Å². The summed E-state index contributed by atoms with van der Waals surface area (Å²) < 4.78 is 0. The molecule has 0 bridgehead atoms. The fraction of sp³-hybridized carbons (Fsp3) is 0.625. The van der Waals surface area contributed by atoms with Crippen molar-refractivity contribution in [2.45, 2.75) is 58.1 Å². The molecular weight excluding hydrogens is 222 g/mol. The Hall–Kier alpha value is -0.860. The second-order valence-electron chi connectivity index (χ2n) is 5.42. The predicted octanol–water partition coefficient (Wildman–Crippen LogP) is 3.45. The first kappa shape index (κ1) is 15.2. The van der Waals surface area contributed by atoms with E-state index in [1.165, 1.54) is 25.7 Å². The molecule has 1 aromatic carbocycles. The molecule has 1 rings (SSSR count). The van der Waals surface area contributed by atoms with Crippen molar-refractivity contribution in [1.82, 2.24) is 5.32 Å². The van der Waals surface area contributed by atoms with Crippen LogP contribution in [-0.2, 0) is 5.60 Å². The Morgan fingerprint density at radius 2 is 1.89 bits per heavy atom. The van der Waals surface area contributed by atoms with Crippen molar-refractivity contribution in [3.8, 4) is 0 Å². The van der Waals surface area contributed by atoms with Crippen LogP contribution in [0.15, 0.2) is 30.3 Å². The molecule has 0 amide bonds. The lowest BCUT2D eigenvalue weighted by atomic mass is 9.95. The molecule has 0 aliphatic rings. The minimum Gasteiger partial charge on any atom is -0.384 e. The molecule has 2 nitrogen and oxygen atoms in total. The molecule has 0 spiro atoms. The molecule has 0 aromatic heterocycles. The summed E-state index contributed by atoms with van der Waals surface area (Å²) >= 11 is 0. The van der Waals surface area contributed by atoms with Gasteiger partial charge >= 0.3 is 0 Å². The molecule has 2 unspecified atom stereocenters. The first-order chi connectivity index (χ1) is 8.56. The van der Waals surface area contributed by atoms with Crippen molar-refractivity contribution in [3.63, 3.8) is 0 Å². The van der Waals surface area contributed by atoms with Gasteiger partial charge in [-0.25, -0.2) is 0 Å². The summed E-state index contributed by atoms with van der Waals surface area (Å²) in [4.78, 5) is 0. The van der Waals surface area contributed by atoms with Crippen LogP contribution in [0.25, 0.3) is 0 Å². The van der Waals surface area contributed by atoms with Gasteiger partial charge in [0.1, 0.15) is 0 Å². The second-order valence-corrected chi connectivity index (χ2v) is 5.42. The zero-order chi connectivity index (χ0) is 13.4. The Morgan fingerprint density at radius 1 is 1.22 bits per heavy atom.